The zero-order valence-corrected chi connectivity index (χ0v) is 18.7. The molecule has 2 aromatic carbocycles. The molecule has 0 atom stereocenters. The number of benzene rings is 2. The van der Waals surface area contributed by atoms with Crippen LogP contribution in [0.2, 0.25) is 0 Å². The molecule has 156 valence electrons. The quantitative estimate of drug-likeness (QED) is 0.641. The molecule has 0 aromatic heterocycles. The first-order valence-corrected chi connectivity index (χ1v) is 10.9. The Morgan fingerprint density at radius 2 is 2.03 bits per heavy atom. The summed E-state index contributed by atoms with van der Waals surface area (Å²) in [6, 6.07) is 14.1. The Labute approximate surface area is 181 Å². The van der Waals surface area contributed by atoms with Crippen molar-refractivity contribution in [2.24, 2.45) is 0 Å². The van der Waals surface area contributed by atoms with Gasteiger partial charge >= 0.3 is 0 Å². The van der Waals surface area contributed by atoms with Crippen molar-refractivity contribution < 1.29 is 14.3 Å². The maximum Gasteiger partial charge on any atom is 0.251 e. The molecule has 0 spiro atoms. The van der Waals surface area contributed by atoms with Crippen LogP contribution in [0.1, 0.15) is 34.3 Å². The number of amides is 1. The SMILES string of the molecule is Cc1cc(Br)ccc1C(=O)NCc1cccc(OCCN(C)C2CCOCC2)c1. The Balaban J connectivity index is 1.47. The normalized spacial score (nSPS) is 14.8. The van der Waals surface area contributed by atoms with Crippen LogP contribution in [-0.4, -0.2) is 50.3 Å². The topological polar surface area (TPSA) is 50.8 Å². The largest absolute Gasteiger partial charge is 0.492 e. The molecule has 0 unspecified atom stereocenters. The standard InChI is InChI=1S/C23H29BrN2O3/c1-17-14-19(24)6-7-22(17)23(27)25-16-18-4-3-5-21(15-18)29-13-10-26(2)20-8-11-28-12-9-20/h3-7,14-15,20H,8-13,16H2,1-2H3,(H,25,27). The van der Waals surface area contributed by atoms with E-state index in [0.717, 1.165) is 53.9 Å². The molecular formula is C23H29BrN2O3. The predicted molar refractivity (Wildman–Crippen MR) is 118 cm³/mol. The number of hydrogen-bond donors (Lipinski definition) is 1. The van der Waals surface area contributed by atoms with Gasteiger partial charge in [-0.15, -0.1) is 0 Å². The van der Waals surface area contributed by atoms with E-state index in [-0.39, 0.29) is 5.91 Å². The molecule has 1 amide bonds. The fourth-order valence-electron chi connectivity index (χ4n) is 3.52. The van der Waals surface area contributed by atoms with Crippen LogP contribution >= 0.6 is 15.9 Å². The Hall–Kier alpha value is -1.89. The highest BCUT2D eigenvalue weighted by Crippen LogP contribution is 2.17. The third-order valence-corrected chi connectivity index (χ3v) is 5.80. The number of nitrogens with zero attached hydrogens (tertiary/aromatic N) is 1. The maximum atomic E-state index is 12.5. The highest BCUT2D eigenvalue weighted by Gasteiger charge is 2.18. The van der Waals surface area contributed by atoms with Crippen molar-refractivity contribution in [2.45, 2.75) is 32.4 Å². The second-order valence-electron chi connectivity index (χ2n) is 7.46. The molecule has 0 aliphatic carbocycles. The lowest BCUT2D eigenvalue weighted by molar-refractivity contribution is 0.0392. The molecule has 6 heteroatoms. The molecule has 0 saturated carbocycles. The van der Waals surface area contributed by atoms with Gasteiger partial charge in [-0.2, -0.15) is 0 Å². The number of halogens is 1. The summed E-state index contributed by atoms with van der Waals surface area (Å²) < 4.78 is 12.3. The molecule has 1 saturated heterocycles. The highest BCUT2D eigenvalue weighted by molar-refractivity contribution is 9.10. The van der Waals surface area contributed by atoms with Gasteiger partial charge < -0.3 is 14.8 Å². The summed E-state index contributed by atoms with van der Waals surface area (Å²) in [4.78, 5) is 14.8. The molecule has 0 bridgehead atoms. The van der Waals surface area contributed by atoms with Gasteiger partial charge in [-0.3, -0.25) is 9.69 Å². The van der Waals surface area contributed by atoms with Crippen LogP contribution in [-0.2, 0) is 11.3 Å². The van der Waals surface area contributed by atoms with Crippen molar-refractivity contribution >= 4 is 21.8 Å². The molecule has 5 nitrogen and oxygen atoms in total. The third-order valence-electron chi connectivity index (χ3n) is 5.31. The second kappa shape index (κ2) is 10.8. The van der Waals surface area contributed by atoms with Crippen LogP contribution in [0.4, 0.5) is 0 Å². The van der Waals surface area contributed by atoms with E-state index in [9.17, 15) is 4.79 Å². The molecule has 1 aliphatic rings. The van der Waals surface area contributed by atoms with Crippen LogP contribution in [0.5, 0.6) is 5.75 Å². The molecule has 3 rings (SSSR count). The van der Waals surface area contributed by atoms with Crippen molar-refractivity contribution in [1.82, 2.24) is 10.2 Å². The zero-order valence-electron chi connectivity index (χ0n) is 17.1. The average Bonchev–Trinajstić information content (AvgIpc) is 2.73. The summed E-state index contributed by atoms with van der Waals surface area (Å²) in [6.07, 6.45) is 2.17. The molecular weight excluding hydrogens is 432 g/mol. The number of ether oxygens (including phenoxy) is 2. The summed E-state index contributed by atoms with van der Waals surface area (Å²) >= 11 is 3.43. The Kier molecular flexibility index (Phi) is 8.09. The summed E-state index contributed by atoms with van der Waals surface area (Å²) in [6.45, 7) is 5.63. The van der Waals surface area contributed by atoms with Gasteiger partial charge in [0.2, 0.25) is 0 Å². The van der Waals surface area contributed by atoms with E-state index < -0.39 is 0 Å². The van der Waals surface area contributed by atoms with Crippen LogP contribution in [0.25, 0.3) is 0 Å². The second-order valence-corrected chi connectivity index (χ2v) is 8.38. The fourth-order valence-corrected chi connectivity index (χ4v) is 4.00. The number of carbonyl (C=O) groups is 1. The van der Waals surface area contributed by atoms with Crippen LogP contribution < -0.4 is 10.1 Å². The van der Waals surface area contributed by atoms with Gasteiger partial charge in [-0.1, -0.05) is 28.1 Å². The van der Waals surface area contributed by atoms with E-state index in [2.05, 4.69) is 33.2 Å². The van der Waals surface area contributed by atoms with Crippen LogP contribution in [0.15, 0.2) is 46.9 Å². The van der Waals surface area contributed by atoms with E-state index in [4.69, 9.17) is 9.47 Å². The third kappa shape index (κ3) is 6.56. The first kappa shape index (κ1) is 21.8. The fraction of sp³-hybridized carbons (Fsp3) is 0.435. The minimum atomic E-state index is -0.0700. The predicted octanol–water partition coefficient (Wildman–Crippen LogP) is 4.18. The van der Waals surface area contributed by atoms with Gasteiger partial charge in [0.15, 0.2) is 0 Å². The van der Waals surface area contributed by atoms with E-state index in [1.54, 1.807) is 0 Å². The molecule has 1 heterocycles. The van der Waals surface area contributed by atoms with Gasteiger partial charge in [-0.05, 0) is 68.3 Å². The number of nitrogens with one attached hydrogen (secondary N) is 1. The van der Waals surface area contributed by atoms with Gasteiger partial charge in [0.25, 0.3) is 5.91 Å². The van der Waals surface area contributed by atoms with E-state index >= 15 is 0 Å². The van der Waals surface area contributed by atoms with Gasteiger partial charge in [0, 0.05) is 42.4 Å². The first-order chi connectivity index (χ1) is 14.0. The van der Waals surface area contributed by atoms with E-state index in [1.807, 2.05) is 49.4 Å². The molecule has 1 N–H and O–H groups in total. The van der Waals surface area contributed by atoms with E-state index in [0.29, 0.717) is 24.8 Å². The first-order valence-electron chi connectivity index (χ1n) is 10.1. The average molecular weight is 461 g/mol. The van der Waals surface area contributed by atoms with Gasteiger partial charge in [0.1, 0.15) is 12.4 Å². The summed E-state index contributed by atoms with van der Waals surface area (Å²) in [5.74, 6) is 0.761. The van der Waals surface area contributed by atoms with Gasteiger partial charge in [0.05, 0.1) is 0 Å². The molecule has 1 fully saturated rings. The molecule has 0 radical (unpaired) electrons. The Morgan fingerprint density at radius 3 is 2.79 bits per heavy atom. The maximum absolute atomic E-state index is 12.5. The van der Waals surface area contributed by atoms with Crippen molar-refractivity contribution in [3.05, 3.63) is 63.6 Å². The van der Waals surface area contributed by atoms with Crippen LogP contribution in [0.3, 0.4) is 0 Å². The number of hydrogen-bond acceptors (Lipinski definition) is 4. The highest BCUT2D eigenvalue weighted by atomic mass is 79.9. The molecule has 29 heavy (non-hydrogen) atoms. The smallest absolute Gasteiger partial charge is 0.251 e. The number of carbonyl (C=O) groups excluding carboxylic acids is 1. The Bertz CT molecular complexity index is 822. The molecule has 2 aromatic rings. The lowest BCUT2D eigenvalue weighted by Crippen LogP contribution is -2.38. The lowest BCUT2D eigenvalue weighted by atomic mass is 10.1. The minimum Gasteiger partial charge on any atom is -0.492 e. The summed E-state index contributed by atoms with van der Waals surface area (Å²) in [7, 11) is 2.15. The monoisotopic (exact) mass is 460 g/mol. The number of rotatable bonds is 8. The minimum absolute atomic E-state index is 0.0700. The molecule has 1 aliphatic heterocycles. The van der Waals surface area contributed by atoms with Gasteiger partial charge in [-0.25, -0.2) is 0 Å². The summed E-state index contributed by atoms with van der Waals surface area (Å²) in [5.41, 5.74) is 2.66. The number of aryl methyl sites for hydroxylation is 1. The number of likely N-dealkylation sites (N-methyl/N-ethyl adjacent to an activating group) is 1. The zero-order chi connectivity index (χ0) is 20.6. The van der Waals surface area contributed by atoms with Crippen molar-refractivity contribution in [3.8, 4) is 5.75 Å². The van der Waals surface area contributed by atoms with E-state index in [1.165, 1.54) is 0 Å². The van der Waals surface area contributed by atoms with Crippen molar-refractivity contribution in [2.75, 3.05) is 33.4 Å². The van der Waals surface area contributed by atoms with Crippen molar-refractivity contribution in [1.29, 1.82) is 0 Å². The lowest BCUT2D eigenvalue weighted by Gasteiger charge is -2.31. The summed E-state index contributed by atoms with van der Waals surface area (Å²) in [5, 5.41) is 2.99. The van der Waals surface area contributed by atoms with Crippen LogP contribution in [0, 0.1) is 6.92 Å². The van der Waals surface area contributed by atoms with Crippen molar-refractivity contribution in [3.63, 3.8) is 0 Å². The Morgan fingerprint density at radius 1 is 1.24 bits per heavy atom.